The minimum atomic E-state index is 0.356. The van der Waals surface area contributed by atoms with Gasteiger partial charge in [0, 0.05) is 11.4 Å². The molecule has 0 N–H and O–H groups in total. The summed E-state index contributed by atoms with van der Waals surface area (Å²) in [5.74, 6) is 0.684. The van der Waals surface area contributed by atoms with E-state index < -0.39 is 0 Å². The SMILES string of the molecule is Cc1cccc(-c2nnc3c(Cl)nc(C)c(C)n23)n1. The molecule has 5 nitrogen and oxygen atoms in total. The van der Waals surface area contributed by atoms with Crippen molar-refractivity contribution in [1.82, 2.24) is 24.6 Å². The summed E-state index contributed by atoms with van der Waals surface area (Å²) in [6.45, 7) is 5.82. The molecule has 0 amide bonds. The van der Waals surface area contributed by atoms with E-state index >= 15 is 0 Å². The largest absolute Gasteiger partial charge is 0.274 e. The molecule has 0 aliphatic rings. The molecule has 0 aromatic carbocycles. The molecular weight excluding hydrogens is 262 g/mol. The molecule has 3 aromatic rings. The van der Waals surface area contributed by atoms with Crippen molar-refractivity contribution in [2.24, 2.45) is 0 Å². The van der Waals surface area contributed by atoms with Crippen molar-refractivity contribution >= 4 is 17.2 Å². The van der Waals surface area contributed by atoms with E-state index in [0.29, 0.717) is 16.6 Å². The first-order chi connectivity index (χ1) is 9.08. The zero-order chi connectivity index (χ0) is 13.6. The molecule has 0 aliphatic heterocycles. The lowest BCUT2D eigenvalue weighted by Gasteiger charge is -2.07. The predicted octanol–water partition coefficient (Wildman–Crippen LogP) is 2.76. The Bertz CT molecular complexity index is 778. The second-order valence-corrected chi connectivity index (χ2v) is 4.78. The fourth-order valence-corrected chi connectivity index (χ4v) is 2.26. The van der Waals surface area contributed by atoms with Crippen LogP contribution in [0.3, 0.4) is 0 Å². The van der Waals surface area contributed by atoms with Crippen molar-refractivity contribution < 1.29 is 0 Å². The molecular formula is C13H12ClN5. The topological polar surface area (TPSA) is 56.0 Å². The number of pyridine rings is 1. The Labute approximate surface area is 115 Å². The molecule has 19 heavy (non-hydrogen) atoms. The van der Waals surface area contributed by atoms with E-state index in [-0.39, 0.29) is 0 Å². The molecule has 0 saturated carbocycles. The molecule has 0 atom stereocenters. The number of nitrogens with zero attached hydrogens (tertiary/aromatic N) is 5. The van der Waals surface area contributed by atoms with Crippen LogP contribution in [0.1, 0.15) is 17.1 Å². The van der Waals surface area contributed by atoms with Gasteiger partial charge < -0.3 is 0 Å². The highest BCUT2D eigenvalue weighted by molar-refractivity contribution is 6.32. The third-order valence-electron chi connectivity index (χ3n) is 3.09. The first kappa shape index (κ1) is 12.0. The summed E-state index contributed by atoms with van der Waals surface area (Å²) >= 11 is 6.11. The molecule has 3 heterocycles. The van der Waals surface area contributed by atoms with Gasteiger partial charge in [0.2, 0.25) is 0 Å². The Morgan fingerprint density at radius 1 is 1.05 bits per heavy atom. The van der Waals surface area contributed by atoms with Gasteiger partial charge in [0.25, 0.3) is 0 Å². The van der Waals surface area contributed by atoms with Gasteiger partial charge in [-0.05, 0) is 32.9 Å². The van der Waals surface area contributed by atoms with Crippen molar-refractivity contribution in [2.75, 3.05) is 0 Å². The minimum absolute atomic E-state index is 0.356. The van der Waals surface area contributed by atoms with Crippen molar-refractivity contribution in [2.45, 2.75) is 20.8 Å². The molecule has 0 bridgehead atoms. The van der Waals surface area contributed by atoms with Crippen LogP contribution in [-0.4, -0.2) is 24.6 Å². The monoisotopic (exact) mass is 273 g/mol. The van der Waals surface area contributed by atoms with Gasteiger partial charge in [0.1, 0.15) is 5.69 Å². The van der Waals surface area contributed by atoms with Crippen molar-refractivity contribution in [3.05, 3.63) is 40.4 Å². The lowest BCUT2D eigenvalue weighted by atomic mass is 10.3. The summed E-state index contributed by atoms with van der Waals surface area (Å²) in [6.07, 6.45) is 0. The van der Waals surface area contributed by atoms with E-state index in [1.54, 1.807) is 0 Å². The van der Waals surface area contributed by atoms with Crippen molar-refractivity contribution in [3.63, 3.8) is 0 Å². The molecule has 0 spiro atoms. The molecule has 0 unspecified atom stereocenters. The molecule has 0 saturated heterocycles. The average molecular weight is 274 g/mol. The van der Waals surface area contributed by atoms with Crippen LogP contribution in [0.4, 0.5) is 0 Å². The number of hydrogen-bond donors (Lipinski definition) is 0. The smallest absolute Gasteiger partial charge is 0.199 e. The highest BCUT2D eigenvalue weighted by Crippen LogP contribution is 2.23. The highest BCUT2D eigenvalue weighted by Gasteiger charge is 2.16. The number of aromatic nitrogens is 5. The summed E-state index contributed by atoms with van der Waals surface area (Å²) < 4.78 is 1.90. The zero-order valence-electron chi connectivity index (χ0n) is 10.8. The maximum absolute atomic E-state index is 6.11. The lowest BCUT2D eigenvalue weighted by Crippen LogP contribution is -2.01. The van der Waals surface area contributed by atoms with E-state index in [2.05, 4.69) is 20.2 Å². The summed E-state index contributed by atoms with van der Waals surface area (Å²) in [4.78, 5) is 8.73. The lowest BCUT2D eigenvalue weighted by molar-refractivity contribution is 0.991. The van der Waals surface area contributed by atoms with Crippen LogP contribution in [0.25, 0.3) is 17.2 Å². The molecule has 0 fully saturated rings. The first-order valence-electron chi connectivity index (χ1n) is 5.90. The van der Waals surface area contributed by atoms with Crippen LogP contribution in [0.5, 0.6) is 0 Å². The average Bonchev–Trinajstić information content (AvgIpc) is 2.81. The van der Waals surface area contributed by atoms with Gasteiger partial charge in [-0.2, -0.15) is 0 Å². The van der Waals surface area contributed by atoms with E-state index in [0.717, 1.165) is 22.8 Å². The quantitative estimate of drug-likeness (QED) is 0.684. The van der Waals surface area contributed by atoms with Crippen LogP contribution >= 0.6 is 11.6 Å². The second kappa shape index (κ2) is 4.28. The third-order valence-corrected chi connectivity index (χ3v) is 3.34. The molecule has 3 rings (SSSR count). The van der Waals surface area contributed by atoms with Crippen molar-refractivity contribution in [1.29, 1.82) is 0 Å². The highest BCUT2D eigenvalue weighted by atomic mass is 35.5. The maximum atomic E-state index is 6.11. The minimum Gasteiger partial charge on any atom is -0.274 e. The molecule has 6 heteroatoms. The normalized spacial score (nSPS) is 11.2. The Hall–Kier alpha value is -2.01. The maximum Gasteiger partial charge on any atom is 0.199 e. The standard InChI is InChI=1S/C13H12ClN5/c1-7-5-4-6-10(15-7)12-17-18-13-11(14)16-8(2)9(3)19(12)13/h4-6H,1-3H3. The number of aryl methyl sites for hydroxylation is 3. The zero-order valence-corrected chi connectivity index (χ0v) is 11.6. The fraction of sp³-hybridized carbons (Fsp3) is 0.231. The van der Waals surface area contributed by atoms with Crippen LogP contribution < -0.4 is 0 Å². The Balaban J connectivity index is 2.37. The van der Waals surface area contributed by atoms with Gasteiger partial charge in [0.05, 0.1) is 5.69 Å². The Kier molecular flexibility index (Phi) is 2.71. The molecule has 3 aromatic heterocycles. The summed E-state index contributed by atoms with van der Waals surface area (Å²) in [6, 6.07) is 5.80. The summed E-state index contributed by atoms with van der Waals surface area (Å²) in [5.41, 5.74) is 4.08. The van der Waals surface area contributed by atoms with E-state index in [1.807, 2.05) is 43.4 Å². The van der Waals surface area contributed by atoms with E-state index in [1.165, 1.54) is 0 Å². The van der Waals surface area contributed by atoms with Gasteiger partial charge in [0.15, 0.2) is 16.6 Å². The number of halogens is 1. The van der Waals surface area contributed by atoms with Gasteiger partial charge in [-0.3, -0.25) is 4.40 Å². The van der Waals surface area contributed by atoms with Crippen LogP contribution in [0.15, 0.2) is 18.2 Å². The third kappa shape index (κ3) is 1.86. The van der Waals surface area contributed by atoms with Crippen molar-refractivity contribution in [3.8, 4) is 11.5 Å². The summed E-state index contributed by atoms with van der Waals surface area (Å²) in [5, 5.41) is 8.66. The second-order valence-electron chi connectivity index (χ2n) is 4.42. The predicted molar refractivity (Wildman–Crippen MR) is 73.2 cm³/mol. The van der Waals surface area contributed by atoms with Crippen LogP contribution in [-0.2, 0) is 0 Å². The number of hydrogen-bond acceptors (Lipinski definition) is 4. The Morgan fingerprint density at radius 2 is 1.84 bits per heavy atom. The summed E-state index contributed by atoms with van der Waals surface area (Å²) in [7, 11) is 0. The first-order valence-corrected chi connectivity index (χ1v) is 6.27. The van der Waals surface area contributed by atoms with Crippen LogP contribution in [0, 0.1) is 20.8 Å². The molecule has 96 valence electrons. The van der Waals surface area contributed by atoms with E-state index in [4.69, 9.17) is 11.6 Å². The van der Waals surface area contributed by atoms with E-state index in [9.17, 15) is 0 Å². The van der Waals surface area contributed by atoms with Crippen LogP contribution in [0.2, 0.25) is 5.15 Å². The van der Waals surface area contributed by atoms with Gasteiger partial charge >= 0.3 is 0 Å². The number of rotatable bonds is 1. The molecule has 0 aliphatic carbocycles. The van der Waals surface area contributed by atoms with Gasteiger partial charge in [-0.1, -0.05) is 17.7 Å². The molecule has 0 radical (unpaired) electrons. The number of fused-ring (bicyclic) bond motifs is 1. The Morgan fingerprint density at radius 3 is 2.58 bits per heavy atom. The van der Waals surface area contributed by atoms with Gasteiger partial charge in [-0.25, -0.2) is 9.97 Å². The fourth-order valence-electron chi connectivity index (χ4n) is 2.01. The van der Waals surface area contributed by atoms with Gasteiger partial charge in [-0.15, -0.1) is 10.2 Å².